The minimum absolute atomic E-state index is 0.121. The van der Waals surface area contributed by atoms with E-state index in [1.54, 1.807) is 30.3 Å². The van der Waals surface area contributed by atoms with Crippen molar-refractivity contribution in [2.75, 3.05) is 7.11 Å². The molecule has 8 nitrogen and oxygen atoms in total. The van der Waals surface area contributed by atoms with Crippen LogP contribution in [0.25, 0.3) is 11.2 Å². The number of para-hydroxylation sites is 1. The fraction of sp³-hybridized carbons (Fsp3) is 0.217. The summed E-state index contributed by atoms with van der Waals surface area (Å²) in [6.45, 7) is 1.47. The third-order valence-electron chi connectivity index (χ3n) is 5.61. The number of methoxy groups -OCH3 is 1. The van der Waals surface area contributed by atoms with Gasteiger partial charge in [0.2, 0.25) is 0 Å². The summed E-state index contributed by atoms with van der Waals surface area (Å²) < 4.78 is 22.9. The molecule has 0 bridgehead atoms. The second-order valence-corrected chi connectivity index (χ2v) is 8.03. The van der Waals surface area contributed by atoms with Crippen LogP contribution in [0.4, 0.5) is 4.39 Å². The van der Waals surface area contributed by atoms with Crippen LogP contribution in [-0.4, -0.2) is 31.6 Å². The molecule has 0 saturated carbocycles. The molecule has 2 heterocycles. The van der Waals surface area contributed by atoms with E-state index >= 15 is 0 Å². The molecule has 0 fully saturated rings. The van der Waals surface area contributed by atoms with Crippen LogP contribution in [-0.2, 0) is 20.1 Å². The molecule has 0 aliphatic rings. The van der Waals surface area contributed by atoms with Gasteiger partial charge in [-0.05, 0) is 54.5 Å². The Morgan fingerprint density at radius 1 is 1.15 bits per heavy atom. The molecule has 0 unspecified atom stereocenters. The Morgan fingerprint density at radius 3 is 2.61 bits per heavy atom. The van der Waals surface area contributed by atoms with Gasteiger partial charge in [-0.1, -0.05) is 18.2 Å². The van der Waals surface area contributed by atoms with Gasteiger partial charge >= 0.3 is 5.69 Å². The number of carbonyl (C=O) groups excluding carboxylic acids is 1. The van der Waals surface area contributed by atoms with E-state index in [9.17, 15) is 18.8 Å². The zero-order chi connectivity index (χ0) is 23.9. The van der Waals surface area contributed by atoms with Crippen LogP contribution in [0.5, 0.6) is 5.75 Å². The van der Waals surface area contributed by atoms with Gasteiger partial charge in [0.25, 0.3) is 5.56 Å². The number of nitrogens with one attached hydrogen (secondary N) is 1. The number of carbonyl (C=O) groups is 1. The number of H-pyrrole nitrogens is 1. The number of ether oxygens (including phenoxy) is 1. The Balaban J connectivity index is 1.87. The summed E-state index contributed by atoms with van der Waals surface area (Å²) >= 11 is 5.40. The summed E-state index contributed by atoms with van der Waals surface area (Å²) in [4.78, 5) is 42.2. The van der Waals surface area contributed by atoms with Crippen molar-refractivity contribution in [2.24, 2.45) is 7.05 Å². The van der Waals surface area contributed by atoms with E-state index in [4.69, 9.17) is 17.0 Å². The number of hydrogen-bond acceptors (Lipinski definition) is 5. The molecule has 1 N–H and O–H groups in total. The van der Waals surface area contributed by atoms with Crippen LogP contribution >= 0.6 is 12.2 Å². The third kappa shape index (κ3) is 3.93. The van der Waals surface area contributed by atoms with Crippen molar-refractivity contribution in [2.45, 2.75) is 20.0 Å². The number of ketones is 1. The van der Waals surface area contributed by atoms with Gasteiger partial charge in [-0.25, -0.2) is 9.18 Å². The maximum atomic E-state index is 13.8. The smallest absolute Gasteiger partial charge is 0.332 e. The largest absolute Gasteiger partial charge is 0.496 e. The molecule has 4 rings (SSSR count). The van der Waals surface area contributed by atoms with Crippen LogP contribution < -0.4 is 16.0 Å². The number of nitrogens with zero attached hydrogens (tertiary/aromatic N) is 3. The molecule has 0 aliphatic heterocycles. The summed E-state index contributed by atoms with van der Waals surface area (Å²) in [6, 6.07) is 11.0. The van der Waals surface area contributed by atoms with Crippen molar-refractivity contribution in [1.29, 1.82) is 0 Å². The van der Waals surface area contributed by atoms with E-state index in [0.29, 0.717) is 11.3 Å². The minimum Gasteiger partial charge on any atom is -0.496 e. The molecular formula is C23H21FN4O4S. The standard InChI is InChI=1S/C23H21FN4O4S/c1-13-8-9-15(24)10-14(13)11-27-19-20(25-22(27)33)26(2)23(31)28(21(19)30)12-17(29)16-6-4-5-7-18(16)32-3/h4-10H,11-12H2,1-3H3,(H,25,33). The molecule has 2 aromatic heterocycles. The van der Waals surface area contributed by atoms with Crippen LogP contribution in [0.15, 0.2) is 52.1 Å². The molecule has 170 valence electrons. The van der Waals surface area contributed by atoms with Gasteiger partial charge in [-0.2, -0.15) is 0 Å². The van der Waals surface area contributed by atoms with E-state index < -0.39 is 29.4 Å². The first-order valence-corrected chi connectivity index (χ1v) is 10.5. The zero-order valence-corrected chi connectivity index (χ0v) is 19.0. The number of hydrogen-bond donors (Lipinski definition) is 1. The second-order valence-electron chi connectivity index (χ2n) is 7.64. The Morgan fingerprint density at radius 2 is 1.88 bits per heavy atom. The van der Waals surface area contributed by atoms with E-state index in [1.165, 1.54) is 35.4 Å². The molecule has 2 aromatic carbocycles. The molecule has 10 heteroatoms. The van der Waals surface area contributed by atoms with Gasteiger partial charge in [0.05, 0.1) is 25.8 Å². The quantitative estimate of drug-likeness (QED) is 0.347. The van der Waals surface area contributed by atoms with Crippen LogP contribution in [0.3, 0.4) is 0 Å². The summed E-state index contributed by atoms with van der Waals surface area (Å²) in [5.74, 6) is -0.513. The number of rotatable bonds is 6. The lowest BCUT2D eigenvalue weighted by Gasteiger charge is -2.12. The first-order chi connectivity index (χ1) is 15.7. The van der Waals surface area contributed by atoms with Gasteiger partial charge in [-0.3, -0.25) is 18.7 Å². The Labute approximate surface area is 192 Å². The first-order valence-electron chi connectivity index (χ1n) is 10.1. The highest BCUT2D eigenvalue weighted by Crippen LogP contribution is 2.19. The highest BCUT2D eigenvalue weighted by molar-refractivity contribution is 7.71. The predicted molar refractivity (Wildman–Crippen MR) is 124 cm³/mol. The topological polar surface area (TPSA) is 91.0 Å². The third-order valence-corrected chi connectivity index (χ3v) is 5.94. The molecule has 33 heavy (non-hydrogen) atoms. The number of aromatic nitrogens is 4. The van der Waals surface area contributed by atoms with Gasteiger partial charge in [-0.15, -0.1) is 0 Å². The molecule has 0 atom stereocenters. The number of imidazole rings is 1. The second kappa shape index (κ2) is 8.62. The van der Waals surface area contributed by atoms with Gasteiger partial charge in [0.15, 0.2) is 16.1 Å². The normalized spacial score (nSPS) is 11.2. The lowest BCUT2D eigenvalue weighted by atomic mass is 10.1. The summed E-state index contributed by atoms with van der Waals surface area (Å²) in [6.07, 6.45) is 0. The number of fused-ring (bicyclic) bond motifs is 1. The van der Waals surface area contributed by atoms with E-state index in [-0.39, 0.29) is 28.0 Å². The van der Waals surface area contributed by atoms with Crippen molar-refractivity contribution in [3.8, 4) is 5.75 Å². The number of benzene rings is 2. The van der Waals surface area contributed by atoms with Gasteiger partial charge in [0, 0.05) is 7.05 Å². The number of Topliss-reactive ketones (excluding diaryl/α,β-unsaturated/α-hetero) is 1. The molecule has 0 aliphatic carbocycles. The highest BCUT2D eigenvalue weighted by Gasteiger charge is 2.21. The first kappa shape index (κ1) is 22.4. The summed E-state index contributed by atoms with van der Waals surface area (Å²) in [5.41, 5.74) is 0.735. The molecule has 0 amide bonds. The number of halogens is 1. The van der Waals surface area contributed by atoms with E-state index in [1.807, 2.05) is 6.92 Å². The van der Waals surface area contributed by atoms with Gasteiger partial charge < -0.3 is 14.3 Å². The summed E-state index contributed by atoms with van der Waals surface area (Å²) in [5, 5.41) is 0. The fourth-order valence-corrected chi connectivity index (χ4v) is 4.04. The van der Waals surface area contributed by atoms with Crippen LogP contribution in [0.1, 0.15) is 21.5 Å². The van der Waals surface area contributed by atoms with Crippen molar-refractivity contribution in [3.63, 3.8) is 0 Å². The lowest BCUT2D eigenvalue weighted by Crippen LogP contribution is -2.41. The van der Waals surface area contributed by atoms with Crippen molar-refractivity contribution in [1.82, 2.24) is 18.7 Å². The maximum Gasteiger partial charge on any atom is 0.332 e. The maximum absolute atomic E-state index is 13.8. The van der Waals surface area contributed by atoms with Crippen LogP contribution in [0.2, 0.25) is 0 Å². The Hall–Kier alpha value is -3.79. The molecule has 4 aromatic rings. The lowest BCUT2D eigenvalue weighted by molar-refractivity contribution is 0.0966. The SMILES string of the molecule is COc1ccccc1C(=O)Cn1c(=O)c2c([nH]c(=S)n2Cc2cc(F)ccc2C)n(C)c1=O. The van der Waals surface area contributed by atoms with Crippen molar-refractivity contribution in [3.05, 3.63) is 90.6 Å². The zero-order valence-electron chi connectivity index (χ0n) is 18.2. The highest BCUT2D eigenvalue weighted by atomic mass is 32.1. The monoisotopic (exact) mass is 468 g/mol. The average molecular weight is 469 g/mol. The van der Waals surface area contributed by atoms with Gasteiger partial charge in [0.1, 0.15) is 17.2 Å². The Kier molecular flexibility index (Phi) is 5.86. The van der Waals surface area contributed by atoms with E-state index in [0.717, 1.165) is 10.1 Å². The molecule has 0 saturated heterocycles. The van der Waals surface area contributed by atoms with E-state index in [2.05, 4.69) is 4.98 Å². The Bertz CT molecular complexity index is 1580. The minimum atomic E-state index is -0.669. The predicted octanol–water partition coefficient (Wildman–Crippen LogP) is 2.95. The average Bonchev–Trinajstić information content (AvgIpc) is 3.13. The number of aryl methyl sites for hydroxylation is 2. The molecule has 0 radical (unpaired) electrons. The molecular weight excluding hydrogens is 447 g/mol. The fourth-order valence-electron chi connectivity index (χ4n) is 3.78. The van der Waals surface area contributed by atoms with Crippen LogP contribution in [0, 0.1) is 17.5 Å². The van der Waals surface area contributed by atoms with Crippen molar-refractivity contribution >= 4 is 29.2 Å². The summed E-state index contributed by atoms with van der Waals surface area (Å²) in [7, 11) is 2.92. The number of aromatic amines is 1. The molecule has 0 spiro atoms. The van der Waals surface area contributed by atoms with Crippen molar-refractivity contribution < 1.29 is 13.9 Å².